The largest absolute Gasteiger partial charge is 0.378 e. The van der Waals surface area contributed by atoms with Crippen molar-refractivity contribution in [3.8, 4) is 11.1 Å². The molecule has 1 aliphatic carbocycles. The predicted molar refractivity (Wildman–Crippen MR) is 128 cm³/mol. The first-order chi connectivity index (χ1) is 15.7. The van der Waals surface area contributed by atoms with Gasteiger partial charge in [0.15, 0.2) is 0 Å². The zero-order chi connectivity index (χ0) is 21.9. The van der Waals surface area contributed by atoms with Crippen molar-refractivity contribution < 1.29 is 14.3 Å². The van der Waals surface area contributed by atoms with Crippen LogP contribution in [0.25, 0.3) is 11.1 Å². The molecule has 2 amide bonds. The molecule has 2 N–H and O–H groups in total. The number of nitrogens with one attached hydrogen (secondary N) is 2. The Bertz CT molecular complexity index is 1120. The Morgan fingerprint density at radius 2 is 1.72 bits per heavy atom. The highest BCUT2D eigenvalue weighted by Crippen LogP contribution is 2.39. The van der Waals surface area contributed by atoms with E-state index < -0.39 is 0 Å². The molecule has 2 aromatic carbocycles. The van der Waals surface area contributed by atoms with E-state index in [1.54, 1.807) is 24.3 Å². The van der Waals surface area contributed by atoms with E-state index in [-0.39, 0.29) is 11.8 Å². The van der Waals surface area contributed by atoms with Crippen molar-refractivity contribution in [1.29, 1.82) is 0 Å². The van der Waals surface area contributed by atoms with Gasteiger partial charge in [-0.3, -0.25) is 9.59 Å². The molecule has 7 heteroatoms. The number of morpholine rings is 1. The van der Waals surface area contributed by atoms with E-state index in [1.807, 2.05) is 24.3 Å². The van der Waals surface area contributed by atoms with E-state index in [4.69, 9.17) is 4.74 Å². The fourth-order valence-corrected chi connectivity index (χ4v) is 4.87. The van der Waals surface area contributed by atoms with Crippen molar-refractivity contribution in [1.82, 2.24) is 5.32 Å². The first-order valence-electron chi connectivity index (χ1n) is 10.9. The van der Waals surface area contributed by atoms with Crippen LogP contribution >= 0.6 is 11.3 Å². The van der Waals surface area contributed by atoms with E-state index in [0.29, 0.717) is 35.4 Å². The Labute approximate surface area is 191 Å². The summed E-state index contributed by atoms with van der Waals surface area (Å²) in [6.45, 7) is 2.98. The molecule has 0 bridgehead atoms. The lowest BCUT2D eigenvalue weighted by atomic mass is 10.1. The number of amides is 2. The van der Waals surface area contributed by atoms with Gasteiger partial charge < -0.3 is 20.3 Å². The number of nitrogens with zero attached hydrogens (tertiary/aromatic N) is 1. The van der Waals surface area contributed by atoms with Crippen molar-refractivity contribution >= 4 is 33.8 Å². The fraction of sp³-hybridized carbons (Fsp3) is 0.280. The second-order valence-corrected chi connectivity index (χ2v) is 9.11. The average molecular weight is 448 g/mol. The molecular weight excluding hydrogens is 422 g/mol. The van der Waals surface area contributed by atoms with Gasteiger partial charge in [0.25, 0.3) is 11.8 Å². The number of hydrogen-bond donors (Lipinski definition) is 2. The molecule has 0 atom stereocenters. The molecule has 32 heavy (non-hydrogen) atoms. The third-order valence-corrected chi connectivity index (χ3v) is 6.81. The normalized spacial score (nSPS) is 15.9. The summed E-state index contributed by atoms with van der Waals surface area (Å²) in [7, 11) is 0. The van der Waals surface area contributed by atoms with Crippen LogP contribution in [-0.2, 0) is 4.74 Å². The standard InChI is InChI=1S/C25H25N3O3S/c29-23(26-19-9-10-19)18-7-4-8-20(15-18)27-24(30)22-16-21(17-5-2-1-3-6-17)25(32-22)28-11-13-31-14-12-28/h1-8,15-16,19H,9-14H2,(H,26,29)(H,27,30). The van der Waals surface area contributed by atoms with E-state index in [2.05, 4.69) is 27.7 Å². The molecule has 1 aromatic heterocycles. The van der Waals surface area contributed by atoms with Crippen molar-refractivity contribution in [3.63, 3.8) is 0 Å². The van der Waals surface area contributed by atoms with Crippen LogP contribution < -0.4 is 15.5 Å². The quantitative estimate of drug-likeness (QED) is 0.588. The summed E-state index contributed by atoms with van der Waals surface area (Å²) < 4.78 is 5.51. The maximum absolute atomic E-state index is 13.1. The van der Waals surface area contributed by atoms with Crippen LogP contribution in [0.5, 0.6) is 0 Å². The van der Waals surface area contributed by atoms with Gasteiger partial charge >= 0.3 is 0 Å². The molecule has 2 heterocycles. The average Bonchev–Trinajstić information content (AvgIpc) is 3.53. The summed E-state index contributed by atoms with van der Waals surface area (Å²) in [6, 6.07) is 19.5. The monoisotopic (exact) mass is 447 g/mol. The second-order valence-electron chi connectivity index (χ2n) is 8.08. The number of carbonyl (C=O) groups excluding carboxylic acids is 2. The lowest BCUT2D eigenvalue weighted by molar-refractivity contribution is 0.0949. The zero-order valence-electron chi connectivity index (χ0n) is 17.7. The van der Waals surface area contributed by atoms with Crippen molar-refractivity contribution in [2.45, 2.75) is 18.9 Å². The molecule has 3 aromatic rings. The van der Waals surface area contributed by atoms with Gasteiger partial charge in [0.05, 0.1) is 23.1 Å². The van der Waals surface area contributed by atoms with E-state index >= 15 is 0 Å². The number of carbonyl (C=O) groups is 2. The fourth-order valence-electron chi connectivity index (χ4n) is 3.75. The molecular formula is C25H25N3O3S. The molecule has 2 fully saturated rings. The van der Waals surface area contributed by atoms with Gasteiger partial charge in [-0.2, -0.15) is 0 Å². The van der Waals surface area contributed by atoms with Gasteiger partial charge in [0, 0.05) is 35.9 Å². The SMILES string of the molecule is O=C(NC1CC1)c1cccc(NC(=O)c2cc(-c3ccccc3)c(N3CCOCC3)s2)c1. The molecule has 1 saturated carbocycles. The lowest BCUT2D eigenvalue weighted by Gasteiger charge is -2.28. The number of anilines is 2. The molecule has 6 nitrogen and oxygen atoms in total. The molecule has 0 spiro atoms. The Kier molecular flexibility index (Phi) is 5.92. The van der Waals surface area contributed by atoms with Gasteiger partial charge in [-0.05, 0) is 42.7 Å². The molecule has 5 rings (SSSR count). The zero-order valence-corrected chi connectivity index (χ0v) is 18.5. The maximum Gasteiger partial charge on any atom is 0.265 e. The smallest absolute Gasteiger partial charge is 0.265 e. The van der Waals surface area contributed by atoms with Crippen LogP contribution in [0.2, 0.25) is 0 Å². The Balaban J connectivity index is 1.39. The third kappa shape index (κ3) is 4.69. The Morgan fingerprint density at radius 3 is 2.47 bits per heavy atom. The van der Waals surface area contributed by atoms with Crippen molar-refractivity contribution in [3.05, 3.63) is 71.1 Å². The van der Waals surface area contributed by atoms with Crippen LogP contribution in [0, 0.1) is 0 Å². The first-order valence-corrected chi connectivity index (χ1v) is 11.7. The molecule has 1 aliphatic heterocycles. The lowest BCUT2D eigenvalue weighted by Crippen LogP contribution is -2.35. The first kappa shape index (κ1) is 20.7. The number of ether oxygens (including phenoxy) is 1. The van der Waals surface area contributed by atoms with Crippen LogP contribution in [0.3, 0.4) is 0 Å². The van der Waals surface area contributed by atoms with Gasteiger partial charge in [0.2, 0.25) is 0 Å². The van der Waals surface area contributed by atoms with Crippen LogP contribution in [0.4, 0.5) is 10.7 Å². The van der Waals surface area contributed by atoms with E-state index in [0.717, 1.165) is 42.1 Å². The number of benzene rings is 2. The highest BCUT2D eigenvalue weighted by atomic mass is 32.1. The topological polar surface area (TPSA) is 70.7 Å². The summed E-state index contributed by atoms with van der Waals surface area (Å²) in [6.07, 6.45) is 2.07. The summed E-state index contributed by atoms with van der Waals surface area (Å²) in [5.74, 6) is -0.271. The molecule has 0 radical (unpaired) electrons. The number of rotatable bonds is 6. The summed E-state index contributed by atoms with van der Waals surface area (Å²) in [5.41, 5.74) is 3.31. The molecule has 164 valence electrons. The molecule has 1 saturated heterocycles. The Hall–Kier alpha value is -3.16. The van der Waals surface area contributed by atoms with Gasteiger partial charge in [0.1, 0.15) is 0 Å². The molecule has 0 unspecified atom stereocenters. The highest BCUT2D eigenvalue weighted by molar-refractivity contribution is 7.18. The highest BCUT2D eigenvalue weighted by Gasteiger charge is 2.24. The number of thiophene rings is 1. The van der Waals surface area contributed by atoms with Crippen molar-refractivity contribution in [2.75, 3.05) is 36.5 Å². The Morgan fingerprint density at radius 1 is 0.938 bits per heavy atom. The second kappa shape index (κ2) is 9.14. The summed E-state index contributed by atoms with van der Waals surface area (Å²) in [5, 5.41) is 7.03. The van der Waals surface area contributed by atoms with Crippen LogP contribution in [0.15, 0.2) is 60.7 Å². The van der Waals surface area contributed by atoms with Gasteiger partial charge in [-0.1, -0.05) is 36.4 Å². The summed E-state index contributed by atoms with van der Waals surface area (Å²) in [4.78, 5) is 28.4. The van der Waals surface area contributed by atoms with Crippen molar-refractivity contribution in [2.24, 2.45) is 0 Å². The summed E-state index contributed by atoms with van der Waals surface area (Å²) >= 11 is 1.49. The van der Waals surface area contributed by atoms with E-state index in [1.165, 1.54) is 11.3 Å². The van der Waals surface area contributed by atoms with Crippen LogP contribution in [-0.4, -0.2) is 44.2 Å². The molecule has 2 aliphatic rings. The minimum absolute atomic E-state index is 0.0966. The van der Waals surface area contributed by atoms with Gasteiger partial charge in [-0.25, -0.2) is 0 Å². The van der Waals surface area contributed by atoms with E-state index in [9.17, 15) is 9.59 Å². The predicted octanol–water partition coefficient (Wildman–Crippen LogP) is 4.40. The van der Waals surface area contributed by atoms with Crippen LogP contribution in [0.1, 0.15) is 32.9 Å². The third-order valence-electron chi connectivity index (χ3n) is 5.61. The maximum atomic E-state index is 13.1. The minimum Gasteiger partial charge on any atom is -0.378 e. The number of hydrogen-bond acceptors (Lipinski definition) is 5. The minimum atomic E-state index is -0.175. The van der Waals surface area contributed by atoms with Gasteiger partial charge in [-0.15, -0.1) is 11.3 Å².